The standard InChI is InChI=1S/C27H21Br2N3O4/c28-20-14-21(29)27(25-18(20)8-2-10-30-25)36-15-23(33)32-26(22-9-4-12-35-22)19-7-1-5-16(24(19)31-32)13-17-6-3-11-34-17/h2-4,6,8-14,19,26H,1,5,7,15H2. The van der Waals surface area contributed by atoms with Crippen molar-refractivity contribution < 1.29 is 18.4 Å². The van der Waals surface area contributed by atoms with E-state index in [1.165, 1.54) is 5.01 Å². The van der Waals surface area contributed by atoms with Gasteiger partial charge < -0.3 is 13.6 Å². The van der Waals surface area contributed by atoms with Crippen LogP contribution in [-0.4, -0.2) is 28.2 Å². The number of ether oxygens (including phenoxy) is 1. The lowest BCUT2D eigenvalue weighted by atomic mass is 9.79. The van der Waals surface area contributed by atoms with Crippen LogP contribution in [0.15, 0.2) is 89.6 Å². The average Bonchev–Trinajstić information content (AvgIpc) is 3.65. The summed E-state index contributed by atoms with van der Waals surface area (Å²) in [5, 5.41) is 7.27. The van der Waals surface area contributed by atoms with Gasteiger partial charge in [-0.15, -0.1) is 0 Å². The predicted octanol–water partition coefficient (Wildman–Crippen LogP) is 7.15. The minimum atomic E-state index is -0.324. The molecule has 0 N–H and O–H groups in total. The van der Waals surface area contributed by atoms with E-state index in [0.29, 0.717) is 21.5 Å². The molecule has 0 saturated heterocycles. The number of hydrogen-bond donors (Lipinski definition) is 0. The third-order valence-corrected chi connectivity index (χ3v) is 7.79. The number of benzene rings is 1. The van der Waals surface area contributed by atoms with E-state index in [4.69, 9.17) is 18.7 Å². The maximum Gasteiger partial charge on any atom is 0.281 e. The molecule has 6 rings (SSSR count). The van der Waals surface area contributed by atoms with Crippen molar-refractivity contribution in [3.63, 3.8) is 0 Å². The highest BCUT2D eigenvalue weighted by molar-refractivity contribution is 9.11. The lowest BCUT2D eigenvalue weighted by Crippen LogP contribution is -2.34. The zero-order valence-corrected chi connectivity index (χ0v) is 22.2. The highest BCUT2D eigenvalue weighted by Gasteiger charge is 2.45. The molecule has 1 saturated carbocycles. The fraction of sp³-hybridized carbons (Fsp3) is 0.222. The van der Waals surface area contributed by atoms with Crippen LogP contribution in [0.4, 0.5) is 0 Å². The summed E-state index contributed by atoms with van der Waals surface area (Å²) >= 11 is 7.12. The second-order valence-corrected chi connectivity index (χ2v) is 10.4. The molecule has 2 aliphatic rings. The first-order valence-electron chi connectivity index (χ1n) is 11.6. The van der Waals surface area contributed by atoms with Gasteiger partial charge in [-0.05, 0) is 83.2 Å². The molecule has 0 radical (unpaired) electrons. The third kappa shape index (κ3) is 4.20. The Bertz CT molecular complexity index is 1480. The molecule has 2 unspecified atom stereocenters. The molecule has 3 aromatic heterocycles. The van der Waals surface area contributed by atoms with Crippen LogP contribution < -0.4 is 4.74 Å². The molecule has 36 heavy (non-hydrogen) atoms. The Hall–Kier alpha value is -3.17. The van der Waals surface area contributed by atoms with E-state index in [1.807, 2.05) is 48.5 Å². The number of rotatable bonds is 5. The molecular formula is C27H21Br2N3O4. The summed E-state index contributed by atoms with van der Waals surface area (Å²) in [6.45, 7) is -0.191. The van der Waals surface area contributed by atoms with Crippen LogP contribution in [0.2, 0.25) is 0 Å². The van der Waals surface area contributed by atoms with E-state index in [9.17, 15) is 4.79 Å². The van der Waals surface area contributed by atoms with Crippen LogP contribution in [0.25, 0.3) is 17.0 Å². The Morgan fingerprint density at radius 1 is 1.14 bits per heavy atom. The summed E-state index contributed by atoms with van der Waals surface area (Å²) in [6, 6.07) is 12.9. The number of carbonyl (C=O) groups is 1. The minimum absolute atomic E-state index is 0.0389. The van der Waals surface area contributed by atoms with Gasteiger partial charge >= 0.3 is 0 Å². The normalized spacial score (nSPS) is 20.6. The maximum absolute atomic E-state index is 13.6. The smallest absolute Gasteiger partial charge is 0.281 e. The zero-order chi connectivity index (χ0) is 24.6. The number of pyridine rings is 1. The molecule has 4 heterocycles. The van der Waals surface area contributed by atoms with Crippen molar-refractivity contribution in [3.05, 3.63) is 87.2 Å². The van der Waals surface area contributed by atoms with Gasteiger partial charge in [-0.2, -0.15) is 5.10 Å². The summed E-state index contributed by atoms with van der Waals surface area (Å²) in [5.41, 5.74) is 2.66. The molecule has 182 valence electrons. The molecule has 1 amide bonds. The first kappa shape index (κ1) is 23.2. The number of carbonyl (C=O) groups excluding carboxylic acids is 1. The zero-order valence-electron chi connectivity index (χ0n) is 19.1. The molecule has 7 nitrogen and oxygen atoms in total. The number of halogens is 2. The van der Waals surface area contributed by atoms with Crippen LogP contribution in [0.5, 0.6) is 5.75 Å². The molecule has 0 bridgehead atoms. The third-order valence-electron chi connectivity index (χ3n) is 6.54. The van der Waals surface area contributed by atoms with Crippen LogP contribution >= 0.6 is 31.9 Å². The summed E-state index contributed by atoms with van der Waals surface area (Å²) < 4.78 is 19.0. The number of hydrogen-bond acceptors (Lipinski definition) is 6. The molecule has 1 aromatic carbocycles. The van der Waals surface area contributed by atoms with Crippen molar-refractivity contribution in [2.24, 2.45) is 11.0 Å². The Morgan fingerprint density at radius 2 is 2.00 bits per heavy atom. The lowest BCUT2D eigenvalue weighted by Gasteiger charge is -2.27. The van der Waals surface area contributed by atoms with E-state index in [1.54, 1.807) is 18.7 Å². The van der Waals surface area contributed by atoms with Gasteiger partial charge in [0.2, 0.25) is 0 Å². The molecule has 1 fully saturated rings. The Morgan fingerprint density at radius 3 is 2.81 bits per heavy atom. The predicted molar refractivity (Wildman–Crippen MR) is 142 cm³/mol. The van der Waals surface area contributed by atoms with E-state index in [0.717, 1.165) is 46.2 Å². The lowest BCUT2D eigenvalue weighted by molar-refractivity contribution is -0.136. The van der Waals surface area contributed by atoms with Gasteiger partial charge in [-0.1, -0.05) is 22.0 Å². The van der Waals surface area contributed by atoms with Gasteiger partial charge in [-0.3, -0.25) is 9.78 Å². The molecule has 9 heteroatoms. The maximum atomic E-state index is 13.6. The first-order valence-corrected chi connectivity index (χ1v) is 13.2. The number of allylic oxidation sites excluding steroid dienone is 1. The van der Waals surface area contributed by atoms with Crippen LogP contribution in [0.1, 0.15) is 36.8 Å². The number of nitrogens with zero attached hydrogens (tertiary/aromatic N) is 3. The summed E-state index contributed by atoms with van der Waals surface area (Å²) in [4.78, 5) is 18.0. The van der Waals surface area contributed by atoms with E-state index < -0.39 is 0 Å². The largest absolute Gasteiger partial charge is 0.480 e. The van der Waals surface area contributed by atoms with E-state index in [2.05, 4.69) is 36.8 Å². The van der Waals surface area contributed by atoms with Gasteiger partial charge in [0.25, 0.3) is 5.91 Å². The molecular weight excluding hydrogens is 590 g/mol. The second-order valence-electron chi connectivity index (χ2n) is 8.73. The van der Waals surface area contributed by atoms with Gasteiger partial charge in [0, 0.05) is 22.0 Å². The Kier molecular flexibility index (Phi) is 6.27. The number of fused-ring (bicyclic) bond motifs is 2. The monoisotopic (exact) mass is 609 g/mol. The van der Waals surface area contributed by atoms with Crippen LogP contribution in [0.3, 0.4) is 0 Å². The topological polar surface area (TPSA) is 81.1 Å². The first-order chi connectivity index (χ1) is 17.6. The van der Waals surface area contributed by atoms with Crippen molar-refractivity contribution >= 4 is 60.5 Å². The van der Waals surface area contributed by atoms with Crippen molar-refractivity contribution in [1.29, 1.82) is 0 Å². The molecule has 1 aliphatic carbocycles. The minimum Gasteiger partial charge on any atom is -0.480 e. The quantitative estimate of drug-likeness (QED) is 0.240. The number of aromatic nitrogens is 1. The van der Waals surface area contributed by atoms with Crippen molar-refractivity contribution in [3.8, 4) is 5.75 Å². The SMILES string of the molecule is O=C(COc1c(Br)cc(Br)c2cccnc12)N1N=C2C(=Cc3ccco3)CCCC2C1c1ccco1. The van der Waals surface area contributed by atoms with E-state index >= 15 is 0 Å². The van der Waals surface area contributed by atoms with Crippen LogP contribution in [-0.2, 0) is 4.79 Å². The molecule has 0 spiro atoms. The highest BCUT2D eigenvalue weighted by Crippen LogP contribution is 2.45. The molecule has 1 aliphatic heterocycles. The summed E-state index contributed by atoms with van der Waals surface area (Å²) in [6.07, 6.45) is 9.79. The summed E-state index contributed by atoms with van der Waals surface area (Å²) in [7, 11) is 0. The van der Waals surface area contributed by atoms with Gasteiger partial charge in [0.05, 0.1) is 22.7 Å². The van der Waals surface area contributed by atoms with Gasteiger partial charge in [-0.25, -0.2) is 5.01 Å². The number of hydrazone groups is 1. The molecule has 4 aromatic rings. The second kappa shape index (κ2) is 9.71. The van der Waals surface area contributed by atoms with Crippen molar-refractivity contribution in [2.75, 3.05) is 6.61 Å². The van der Waals surface area contributed by atoms with Crippen LogP contribution in [0, 0.1) is 5.92 Å². The van der Waals surface area contributed by atoms with Gasteiger partial charge in [0.15, 0.2) is 12.4 Å². The highest BCUT2D eigenvalue weighted by atomic mass is 79.9. The Labute approximate surface area is 224 Å². The number of furan rings is 2. The fourth-order valence-corrected chi connectivity index (χ4v) is 6.36. The average molecular weight is 611 g/mol. The van der Waals surface area contributed by atoms with Crippen molar-refractivity contribution in [1.82, 2.24) is 9.99 Å². The number of amides is 1. The molecule has 2 atom stereocenters. The fourth-order valence-electron chi connectivity index (χ4n) is 4.97. The van der Waals surface area contributed by atoms with E-state index in [-0.39, 0.29) is 24.5 Å². The van der Waals surface area contributed by atoms with Gasteiger partial charge in [0.1, 0.15) is 23.1 Å². The Balaban J connectivity index is 1.32. The summed E-state index contributed by atoms with van der Waals surface area (Å²) in [5.74, 6) is 1.78. The van der Waals surface area contributed by atoms with Crippen molar-refractivity contribution in [2.45, 2.75) is 25.3 Å².